The minimum absolute atomic E-state index is 0.0835. The molecule has 0 bridgehead atoms. The number of benzene rings is 1. The van der Waals surface area contributed by atoms with Crippen molar-refractivity contribution in [1.29, 1.82) is 0 Å². The van der Waals surface area contributed by atoms with Crippen LogP contribution in [0, 0.1) is 0 Å². The normalized spacial score (nSPS) is 13.8. The van der Waals surface area contributed by atoms with Gasteiger partial charge in [0, 0.05) is 17.2 Å². The quantitative estimate of drug-likeness (QED) is 0.289. The number of halogens is 4. The molecule has 1 aromatic carbocycles. The third-order valence-corrected chi connectivity index (χ3v) is 5.36. The number of thioether (sulfide) groups is 1. The van der Waals surface area contributed by atoms with Crippen LogP contribution in [0.25, 0.3) is 0 Å². The molecule has 0 aliphatic heterocycles. The van der Waals surface area contributed by atoms with Crippen LogP contribution in [0.5, 0.6) is 5.75 Å². The van der Waals surface area contributed by atoms with Gasteiger partial charge in [-0.2, -0.15) is 13.2 Å². The third kappa shape index (κ3) is 8.14. The van der Waals surface area contributed by atoms with E-state index < -0.39 is 16.8 Å². The molecule has 9 heteroatoms. The number of carbonyl (C=O) groups is 1. The maximum Gasteiger partial charge on any atom is 0.404 e. The molecule has 0 saturated heterocycles. The maximum atomic E-state index is 12.7. The molecular weight excluding hydrogens is 409 g/mol. The monoisotopic (exact) mass is 428 g/mol. The van der Waals surface area contributed by atoms with Gasteiger partial charge in [0.1, 0.15) is 11.1 Å². The van der Waals surface area contributed by atoms with Gasteiger partial charge < -0.3 is 9.47 Å². The fourth-order valence-electron chi connectivity index (χ4n) is 2.09. The van der Waals surface area contributed by atoms with Crippen LogP contribution in [-0.2, 0) is 4.74 Å². The highest BCUT2D eigenvalue weighted by atomic mass is 35.5. The first-order valence-electron chi connectivity index (χ1n) is 7.88. The Hall–Kier alpha value is -0.990. The summed E-state index contributed by atoms with van der Waals surface area (Å²) in [5.74, 6) is 0.450. The molecular formula is C17H20ClF3O3S2. The Morgan fingerprint density at radius 2 is 1.92 bits per heavy atom. The summed E-state index contributed by atoms with van der Waals surface area (Å²) < 4.78 is 48.5. The maximum absolute atomic E-state index is 12.7. The summed E-state index contributed by atoms with van der Waals surface area (Å²) in [6.45, 7) is 2.06. The lowest BCUT2D eigenvalue weighted by molar-refractivity contribution is -0.131. The predicted octanol–water partition coefficient (Wildman–Crippen LogP) is 5.64. The van der Waals surface area contributed by atoms with E-state index >= 15 is 0 Å². The zero-order valence-corrected chi connectivity index (χ0v) is 16.7. The van der Waals surface area contributed by atoms with Crippen LogP contribution in [0.15, 0.2) is 24.3 Å². The molecule has 3 nitrogen and oxygen atoms in total. The lowest BCUT2D eigenvalue weighted by Gasteiger charge is -2.21. The fraction of sp³-hybridized carbons (Fsp3) is 0.529. The Morgan fingerprint density at radius 3 is 2.42 bits per heavy atom. The summed E-state index contributed by atoms with van der Waals surface area (Å²) in [4.78, 5) is 12.3. The van der Waals surface area contributed by atoms with Crippen LogP contribution < -0.4 is 4.74 Å². The second kappa shape index (κ2) is 11.0. The van der Waals surface area contributed by atoms with Crippen molar-refractivity contribution in [1.82, 2.24) is 0 Å². The summed E-state index contributed by atoms with van der Waals surface area (Å²) in [7, 11) is 1.52. The second-order valence-corrected chi connectivity index (χ2v) is 7.79. The zero-order valence-electron chi connectivity index (χ0n) is 14.3. The lowest BCUT2D eigenvalue weighted by atomic mass is 10.0. The molecule has 26 heavy (non-hydrogen) atoms. The standard InChI is InChI=1S/C17H20ClF3O3S2/c1-3-24-16(25)26-13(10-15(18)17(19,20)21)8-9-14(22)11-4-6-12(23-2)7-5-11/h4-7,13,15H,3,8-10H2,1-2H3. The van der Waals surface area contributed by atoms with E-state index in [1.54, 1.807) is 31.2 Å². The number of hydrogen-bond donors (Lipinski definition) is 0. The SMILES string of the molecule is CCOC(=S)SC(CCC(=O)c1ccc(OC)cc1)CC(Cl)C(F)(F)F. The van der Waals surface area contributed by atoms with Crippen molar-refractivity contribution < 1.29 is 27.4 Å². The van der Waals surface area contributed by atoms with Gasteiger partial charge in [0.15, 0.2) is 5.78 Å². The van der Waals surface area contributed by atoms with Crippen LogP contribution in [-0.4, -0.2) is 40.7 Å². The topological polar surface area (TPSA) is 35.5 Å². The van der Waals surface area contributed by atoms with E-state index in [9.17, 15) is 18.0 Å². The van der Waals surface area contributed by atoms with E-state index in [1.165, 1.54) is 7.11 Å². The summed E-state index contributed by atoms with van der Waals surface area (Å²) in [5.41, 5.74) is 0.472. The van der Waals surface area contributed by atoms with Crippen molar-refractivity contribution in [3.8, 4) is 5.75 Å². The molecule has 1 aromatic rings. The summed E-state index contributed by atoms with van der Waals surface area (Å²) in [6, 6.07) is 6.55. The van der Waals surface area contributed by atoms with Crippen LogP contribution in [0.4, 0.5) is 13.2 Å². The number of ether oxygens (including phenoxy) is 2. The van der Waals surface area contributed by atoms with Crippen LogP contribution >= 0.6 is 35.6 Å². The van der Waals surface area contributed by atoms with E-state index in [4.69, 9.17) is 33.3 Å². The molecule has 0 saturated carbocycles. The van der Waals surface area contributed by atoms with Crippen molar-refractivity contribution in [2.24, 2.45) is 0 Å². The fourth-order valence-corrected chi connectivity index (χ4v) is 3.92. The zero-order chi connectivity index (χ0) is 19.7. The van der Waals surface area contributed by atoms with Crippen molar-refractivity contribution in [3.05, 3.63) is 29.8 Å². The third-order valence-electron chi connectivity index (χ3n) is 3.46. The number of ketones is 1. The Labute approximate surface area is 165 Å². The molecule has 0 aliphatic rings. The van der Waals surface area contributed by atoms with Gasteiger partial charge in [0.2, 0.25) is 4.38 Å². The molecule has 0 N–H and O–H groups in total. The first kappa shape index (κ1) is 23.0. The van der Waals surface area contributed by atoms with Crippen LogP contribution in [0.2, 0.25) is 0 Å². The molecule has 0 fully saturated rings. The van der Waals surface area contributed by atoms with Gasteiger partial charge in [-0.25, -0.2) is 0 Å². The average Bonchev–Trinajstić information content (AvgIpc) is 2.58. The van der Waals surface area contributed by atoms with E-state index in [-0.39, 0.29) is 29.4 Å². The number of thiocarbonyl (C=S) groups is 1. The highest BCUT2D eigenvalue weighted by Crippen LogP contribution is 2.33. The van der Waals surface area contributed by atoms with Crippen molar-refractivity contribution in [3.63, 3.8) is 0 Å². The van der Waals surface area contributed by atoms with Crippen molar-refractivity contribution >= 4 is 45.7 Å². The summed E-state index contributed by atoms with van der Waals surface area (Å²) >= 11 is 11.5. The first-order chi connectivity index (χ1) is 12.2. The van der Waals surface area contributed by atoms with Gasteiger partial charge in [-0.05, 0) is 56.2 Å². The number of alkyl halides is 4. The van der Waals surface area contributed by atoms with Gasteiger partial charge in [0.05, 0.1) is 13.7 Å². The lowest BCUT2D eigenvalue weighted by Crippen LogP contribution is -2.27. The number of hydrogen-bond acceptors (Lipinski definition) is 5. The van der Waals surface area contributed by atoms with Gasteiger partial charge in [-0.1, -0.05) is 11.8 Å². The molecule has 0 spiro atoms. The van der Waals surface area contributed by atoms with E-state index in [1.807, 2.05) is 0 Å². The van der Waals surface area contributed by atoms with Crippen molar-refractivity contribution in [2.45, 2.75) is 43.0 Å². The Morgan fingerprint density at radius 1 is 1.31 bits per heavy atom. The smallest absolute Gasteiger partial charge is 0.404 e. The largest absolute Gasteiger partial charge is 0.497 e. The summed E-state index contributed by atoms with van der Waals surface area (Å²) in [6.07, 6.45) is -4.56. The Bertz CT molecular complexity index is 594. The predicted molar refractivity (Wildman–Crippen MR) is 102 cm³/mol. The molecule has 0 aliphatic carbocycles. The first-order valence-corrected chi connectivity index (χ1v) is 9.61. The van der Waals surface area contributed by atoms with E-state index in [0.29, 0.717) is 17.9 Å². The molecule has 1 rings (SSSR count). The number of Topliss-reactive ketones (excluding diaryl/α,β-unsaturated/α-hetero) is 1. The minimum atomic E-state index is -4.51. The summed E-state index contributed by atoms with van der Waals surface area (Å²) in [5, 5.41) is -2.57. The van der Waals surface area contributed by atoms with Crippen molar-refractivity contribution in [2.75, 3.05) is 13.7 Å². The van der Waals surface area contributed by atoms with Crippen LogP contribution in [0.1, 0.15) is 36.5 Å². The van der Waals surface area contributed by atoms with Gasteiger partial charge in [-0.3, -0.25) is 4.79 Å². The van der Waals surface area contributed by atoms with Gasteiger partial charge in [-0.15, -0.1) is 11.6 Å². The number of rotatable bonds is 9. The van der Waals surface area contributed by atoms with Gasteiger partial charge >= 0.3 is 6.18 Å². The van der Waals surface area contributed by atoms with Gasteiger partial charge in [0.25, 0.3) is 0 Å². The number of methoxy groups -OCH3 is 1. The molecule has 2 unspecified atom stereocenters. The molecule has 0 aromatic heterocycles. The second-order valence-electron chi connectivity index (χ2n) is 5.36. The molecule has 0 heterocycles. The molecule has 2 atom stereocenters. The Kier molecular flexibility index (Phi) is 9.74. The highest BCUT2D eigenvalue weighted by Gasteiger charge is 2.39. The van der Waals surface area contributed by atoms with E-state index in [2.05, 4.69) is 0 Å². The molecule has 0 radical (unpaired) electrons. The molecule has 146 valence electrons. The average molecular weight is 429 g/mol. The highest BCUT2D eigenvalue weighted by molar-refractivity contribution is 8.23. The van der Waals surface area contributed by atoms with E-state index in [0.717, 1.165) is 11.8 Å². The van der Waals surface area contributed by atoms with Crippen LogP contribution in [0.3, 0.4) is 0 Å². The number of carbonyl (C=O) groups excluding carboxylic acids is 1. The minimum Gasteiger partial charge on any atom is -0.497 e. The Balaban J connectivity index is 2.70. The molecule has 0 amide bonds.